The fraction of sp³-hybridized carbons (Fsp3) is 0.238. The minimum absolute atomic E-state index is 0.00751. The van der Waals surface area contributed by atoms with E-state index in [1.54, 1.807) is 19.9 Å². The van der Waals surface area contributed by atoms with Gasteiger partial charge in [-0.05, 0) is 38.5 Å². The van der Waals surface area contributed by atoms with Gasteiger partial charge in [-0.3, -0.25) is 4.79 Å². The third-order valence-electron chi connectivity index (χ3n) is 3.96. The average Bonchev–Trinajstić information content (AvgIpc) is 2.64. The first-order valence-electron chi connectivity index (χ1n) is 8.47. The summed E-state index contributed by atoms with van der Waals surface area (Å²) >= 11 is 0. The molecular formula is C21H20O5. The van der Waals surface area contributed by atoms with Crippen molar-refractivity contribution in [3.05, 3.63) is 64.3 Å². The Morgan fingerprint density at radius 2 is 1.88 bits per heavy atom. The van der Waals surface area contributed by atoms with Crippen LogP contribution in [0.2, 0.25) is 0 Å². The number of aryl methyl sites for hydroxylation is 1. The first-order chi connectivity index (χ1) is 12.5. The van der Waals surface area contributed by atoms with Gasteiger partial charge >= 0.3 is 5.97 Å². The van der Waals surface area contributed by atoms with Crippen molar-refractivity contribution in [2.45, 2.75) is 26.9 Å². The van der Waals surface area contributed by atoms with Crippen molar-refractivity contribution in [2.75, 3.05) is 6.61 Å². The fourth-order valence-corrected chi connectivity index (χ4v) is 2.65. The predicted octanol–water partition coefficient (Wildman–Crippen LogP) is 4.10. The monoisotopic (exact) mass is 352 g/mol. The van der Waals surface area contributed by atoms with E-state index in [2.05, 4.69) is 0 Å². The van der Waals surface area contributed by atoms with Crippen LogP contribution in [0.25, 0.3) is 22.3 Å². The van der Waals surface area contributed by atoms with Crippen molar-refractivity contribution in [2.24, 2.45) is 0 Å². The summed E-state index contributed by atoms with van der Waals surface area (Å²) in [6.45, 7) is 5.43. The summed E-state index contributed by atoms with van der Waals surface area (Å²) in [5.41, 5.74) is 1.83. The molecule has 0 aliphatic carbocycles. The zero-order chi connectivity index (χ0) is 18.7. The highest BCUT2D eigenvalue weighted by Crippen LogP contribution is 2.31. The van der Waals surface area contributed by atoms with Crippen LogP contribution in [-0.4, -0.2) is 18.7 Å². The highest BCUT2D eigenvalue weighted by molar-refractivity contribution is 5.83. The zero-order valence-electron chi connectivity index (χ0n) is 14.9. The molecule has 3 aromatic rings. The number of rotatable bonds is 5. The van der Waals surface area contributed by atoms with Crippen LogP contribution >= 0.6 is 0 Å². The van der Waals surface area contributed by atoms with Crippen molar-refractivity contribution in [1.82, 2.24) is 0 Å². The topological polar surface area (TPSA) is 65.7 Å². The van der Waals surface area contributed by atoms with Crippen molar-refractivity contribution < 1.29 is 18.7 Å². The minimum Gasteiger partial charge on any atom is -0.471 e. The van der Waals surface area contributed by atoms with E-state index in [0.717, 1.165) is 5.56 Å². The van der Waals surface area contributed by atoms with E-state index >= 15 is 0 Å². The second kappa shape index (κ2) is 7.44. The van der Waals surface area contributed by atoms with E-state index in [1.165, 1.54) is 0 Å². The summed E-state index contributed by atoms with van der Waals surface area (Å²) in [7, 11) is 0. The quantitative estimate of drug-likeness (QED) is 0.647. The average molecular weight is 352 g/mol. The molecule has 0 saturated heterocycles. The molecular weight excluding hydrogens is 332 g/mol. The zero-order valence-corrected chi connectivity index (χ0v) is 14.9. The molecule has 5 nitrogen and oxygen atoms in total. The molecule has 0 N–H and O–H groups in total. The third kappa shape index (κ3) is 3.47. The van der Waals surface area contributed by atoms with Gasteiger partial charge < -0.3 is 13.9 Å². The number of fused-ring (bicyclic) bond motifs is 1. The molecule has 0 spiro atoms. The van der Waals surface area contributed by atoms with E-state index in [-0.39, 0.29) is 17.8 Å². The Labute approximate surface area is 151 Å². The number of esters is 1. The Bertz CT molecular complexity index is 988. The fourth-order valence-electron chi connectivity index (χ4n) is 2.65. The van der Waals surface area contributed by atoms with Crippen LogP contribution in [0.15, 0.2) is 57.7 Å². The lowest BCUT2D eigenvalue weighted by Crippen LogP contribution is -2.28. The molecule has 1 aromatic heterocycles. The highest BCUT2D eigenvalue weighted by Gasteiger charge is 2.23. The van der Waals surface area contributed by atoms with Crippen LogP contribution in [0.4, 0.5) is 0 Å². The molecule has 0 fully saturated rings. The van der Waals surface area contributed by atoms with Crippen molar-refractivity contribution in [3.63, 3.8) is 0 Å². The second-order valence-electron chi connectivity index (χ2n) is 5.97. The standard InChI is InChI=1S/C21H20O5/c1-4-24-21(23)14(3)25-20-18(22)16-11-10-13(2)12-17(16)26-19(20)15-8-6-5-7-9-15/h5-12,14H,4H2,1-3H3. The van der Waals surface area contributed by atoms with Gasteiger partial charge in [-0.25, -0.2) is 4.79 Å². The molecule has 3 rings (SSSR count). The summed E-state index contributed by atoms with van der Waals surface area (Å²) < 4.78 is 16.7. The van der Waals surface area contributed by atoms with Crippen molar-refractivity contribution in [1.29, 1.82) is 0 Å². The summed E-state index contributed by atoms with van der Waals surface area (Å²) in [5.74, 6) is -0.229. The Morgan fingerprint density at radius 1 is 1.15 bits per heavy atom. The van der Waals surface area contributed by atoms with E-state index in [4.69, 9.17) is 13.9 Å². The van der Waals surface area contributed by atoms with Gasteiger partial charge in [0.15, 0.2) is 11.9 Å². The van der Waals surface area contributed by atoms with E-state index in [9.17, 15) is 9.59 Å². The molecule has 0 amide bonds. The van der Waals surface area contributed by atoms with Crippen molar-refractivity contribution in [3.8, 4) is 17.1 Å². The number of benzene rings is 2. The molecule has 5 heteroatoms. The third-order valence-corrected chi connectivity index (χ3v) is 3.96. The number of ether oxygens (including phenoxy) is 2. The van der Waals surface area contributed by atoms with Crippen LogP contribution in [0.1, 0.15) is 19.4 Å². The molecule has 0 aliphatic rings. The highest BCUT2D eigenvalue weighted by atomic mass is 16.6. The van der Waals surface area contributed by atoms with Crippen LogP contribution in [0, 0.1) is 6.92 Å². The molecule has 1 heterocycles. The van der Waals surface area contributed by atoms with Crippen LogP contribution in [0.5, 0.6) is 5.75 Å². The predicted molar refractivity (Wildman–Crippen MR) is 99.4 cm³/mol. The van der Waals surface area contributed by atoms with E-state index < -0.39 is 12.1 Å². The van der Waals surface area contributed by atoms with Crippen molar-refractivity contribution >= 4 is 16.9 Å². The molecule has 134 valence electrons. The molecule has 1 unspecified atom stereocenters. The molecule has 0 radical (unpaired) electrons. The Kier molecular flexibility index (Phi) is 5.07. The van der Waals surface area contributed by atoms with Crippen LogP contribution < -0.4 is 10.2 Å². The van der Waals surface area contributed by atoms with Gasteiger partial charge in [-0.15, -0.1) is 0 Å². The first kappa shape index (κ1) is 17.7. The SMILES string of the molecule is CCOC(=O)C(C)Oc1c(-c2ccccc2)oc2cc(C)ccc2c1=O. The molecule has 26 heavy (non-hydrogen) atoms. The lowest BCUT2D eigenvalue weighted by molar-refractivity contribution is -0.150. The summed E-state index contributed by atoms with van der Waals surface area (Å²) in [6.07, 6.45) is -0.928. The summed E-state index contributed by atoms with van der Waals surface area (Å²) in [5, 5.41) is 0.404. The first-order valence-corrected chi connectivity index (χ1v) is 8.47. The molecule has 2 aromatic carbocycles. The molecule has 0 bridgehead atoms. The van der Waals surface area contributed by atoms with E-state index in [1.807, 2.05) is 49.4 Å². The van der Waals surface area contributed by atoms with Gasteiger partial charge in [0.25, 0.3) is 0 Å². The van der Waals surface area contributed by atoms with E-state index in [0.29, 0.717) is 22.3 Å². The van der Waals surface area contributed by atoms with Gasteiger partial charge in [0.1, 0.15) is 5.58 Å². The largest absolute Gasteiger partial charge is 0.471 e. The van der Waals surface area contributed by atoms with Gasteiger partial charge in [0, 0.05) is 5.56 Å². The summed E-state index contributed by atoms with van der Waals surface area (Å²) in [6, 6.07) is 14.5. The lowest BCUT2D eigenvalue weighted by Gasteiger charge is -2.16. The summed E-state index contributed by atoms with van der Waals surface area (Å²) in [4.78, 5) is 24.9. The van der Waals surface area contributed by atoms with Gasteiger partial charge in [-0.1, -0.05) is 36.4 Å². The Morgan fingerprint density at radius 3 is 2.58 bits per heavy atom. The van der Waals surface area contributed by atoms with Crippen LogP contribution in [-0.2, 0) is 9.53 Å². The number of carbonyl (C=O) groups is 1. The van der Waals surface area contributed by atoms with Gasteiger partial charge in [0.2, 0.25) is 11.2 Å². The van der Waals surface area contributed by atoms with Gasteiger partial charge in [-0.2, -0.15) is 0 Å². The van der Waals surface area contributed by atoms with Gasteiger partial charge in [0.05, 0.1) is 12.0 Å². The Hall–Kier alpha value is -3.08. The maximum absolute atomic E-state index is 13.0. The number of hydrogen-bond donors (Lipinski definition) is 0. The maximum Gasteiger partial charge on any atom is 0.347 e. The molecule has 1 atom stereocenters. The lowest BCUT2D eigenvalue weighted by atomic mass is 10.1. The van der Waals surface area contributed by atoms with Crippen LogP contribution in [0.3, 0.4) is 0 Å². The smallest absolute Gasteiger partial charge is 0.347 e. The minimum atomic E-state index is -0.928. The maximum atomic E-state index is 13.0. The molecule has 0 aliphatic heterocycles. The number of hydrogen-bond acceptors (Lipinski definition) is 5. The normalized spacial score (nSPS) is 12.0. The second-order valence-corrected chi connectivity index (χ2v) is 5.97. The molecule has 0 saturated carbocycles. The Balaban J connectivity index is 2.18. The number of carbonyl (C=O) groups excluding carboxylic acids is 1.